The monoisotopic (exact) mass is 233 g/mol. The first kappa shape index (κ1) is 15.8. The summed E-state index contributed by atoms with van der Waals surface area (Å²) in [4.78, 5) is 8.56. The van der Waals surface area contributed by atoms with Gasteiger partial charge in [-0.1, -0.05) is 0 Å². The molecule has 4 N–H and O–H groups in total. The van der Waals surface area contributed by atoms with Gasteiger partial charge in [-0.3, -0.25) is 0 Å². The van der Waals surface area contributed by atoms with Gasteiger partial charge in [0.15, 0.2) is 0 Å². The minimum absolute atomic E-state index is 0. The second-order valence-electron chi connectivity index (χ2n) is 0.283. The number of carboxylic acid groups (broad SMARTS) is 2. The van der Waals surface area contributed by atoms with Crippen LogP contribution in [0.5, 0.6) is 0 Å². The molecule has 0 aromatic carbocycles. The van der Waals surface area contributed by atoms with Gasteiger partial charge in [-0.05, 0) is 0 Å². The third-order valence-corrected chi connectivity index (χ3v) is 0. The SMILES string of the molecule is O.O=C(O)O.[Eu]. The summed E-state index contributed by atoms with van der Waals surface area (Å²) in [6, 6.07) is 0. The number of rotatable bonds is 0. The van der Waals surface area contributed by atoms with Crippen LogP contribution in [0.4, 0.5) is 4.79 Å². The molecule has 0 unspecified atom stereocenters. The molecule has 4 nitrogen and oxygen atoms in total. The van der Waals surface area contributed by atoms with Crippen LogP contribution in [0.3, 0.4) is 0 Å². The van der Waals surface area contributed by atoms with Gasteiger partial charge in [0.05, 0.1) is 0 Å². The zero-order valence-electron chi connectivity index (χ0n) is 2.68. The number of carbonyl (C=O) groups is 1. The third kappa shape index (κ3) is 106. The Hall–Kier alpha value is 0.814. The van der Waals surface area contributed by atoms with E-state index in [9.17, 15) is 0 Å². The Labute approximate surface area is 75.0 Å². The molecule has 0 aromatic rings. The molecule has 0 saturated carbocycles. The molecule has 0 aliphatic rings. The zero-order valence-corrected chi connectivity index (χ0v) is 5.11. The summed E-state index contributed by atoms with van der Waals surface area (Å²) in [6.07, 6.45) is -1.83. The van der Waals surface area contributed by atoms with Crippen LogP contribution in [0.1, 0.15) is 0 Å². The zero-order chi connectivity index (χ0) is 3.58. The van der Waals surface area contributed by atoms with Crippen LogP contribution in [0, 0.1) is 49.4 Å². The molecule has 0 atom stereocenters. The maximum absolute atomic E-state index is 8.56. The van der Waals surface area contributed by atoms with Crippen molar-refractivity contribution in [2.24, 2.45) is 0 Å². The Morgan fingerprint density at radius 2 is 1.33 bits per heavy atom. The first-order chi connectivity index (χ1) is 1.73. The minimum atomic E-state index is -1.83. The van der Waals surface area contributed by atoms with Crippen LogP contribution >= 0.6 is 0 Å². The summed E-state index contributed by atoms with van der Waals surface area (Å²) < 4.78 is 0. The second kappa shape index (κ2) is 9.26. The van der Waals surface area contributed by atoms with Crippen molar-refractivity contribution >= 4 is 6.16 Å². The van der Waals surface area contributed by atoms with Crippen molar-refractivity contribution in [3.8, 4) is 0 Å². The topological polar surface area (TPSA) is 89.0 Å². The summed E-state index contributed by atoms with van der Waals surface area (Å²) in [6.45, 7) is 0. The summed E-state index contributed by atoms with van der Waals surface area (Å²) in [5.74, 6) is 0. The van der Waals surface area contributed by atoms with Crippen molar-refractivity contribution in [1.82, 2.24) is 0 Å². The van der Waals surface area contributed by atoms with Crippen LogP contribution in [0.25, 0.3) is 0 Å². The van der Waals surface area contributed by atoms with Gasteiger partial charge in [0, 0.05) is 49.4 Å². The predicted molar refractivity (Wildman–Crippen MR) is 14.3 cm³/mol. The van der Waals surface area contributed by atoms with Gasteiger partial charge in [0.25, 0.3) is 0 Å². The quantitative estimate of drug-likeness (QED) is 0.584. The molecule has 6 heavy (non-hydrogen) atoms. The molecular weight excluding hydrogens is 228 g/mol. The standard InChI is InChI=1S/CH2O3.Eu.H2O/c2-1(3)4;;/h(H2,2,3,4);;1H2. The van der Waals surface area contributed by atoms with E-state index in [2.05, 4.69) is 0 Å². The van der Waals surface area contributed by atoms with Crippen molar-refractivity contribution in [2.45, 2.75) is 0 Å². The molecule has 0 saturated heterocycles. The molecule has 0 fully saturated rings. The summed E-state index contributed by atoms with van der Waals surface area (Å²) in [7, 11) is 0. The molecule has 0 bridgehead atoms. The molecule has 0 rings (SSSR count). The molecule has 39 valence electrons. The second-order valence-corrected chi connectivity index (χ2v) is 0.283. The molecule has 0 heterocycles. The predicted octanol–water partition coefficient (Wildman–Crippen LogP) is -0.602. The van der Waals surface area contributed by atoms with Crippen molar-refractivity contribution in [1.29, 1.82) is 0 Å². The van der Waals surface area contributed by atoms with Crippen molar-refractivity contribution in [3.63, 3.8) is 0 Å². The van der Waals surface area contributed by atoms with E-state index in [-0.39, 0.29) is 54.9 Å². The minimum Gasteiger partial charge on any atom is -0.450 e. The van der Waals surface area contributed by atoms with Crippen LogP contribution in [-0.2, 0) is 0 Å². The Morgan fingerprint density at radius 3 is 1.33 bits per heavy atom. The normalized spacial score (nSPS) is 4.00. The van der Waals surface area contributed by atoms with Gasteiger partial charge in [-0.25, -0.2) is 4.79 Å². The van der Waals surface area contributed by atoms with E-state index in [0.717, 1.165) is 0 Å². The van der Waals surface area contributed by atoms with Crippen LogP contribution < -0.4 is 0 Å². The van der Waals surface area contributed by atoms with Crippen LogP contribution in [0.2, 0.25) is 0 Å². The molecule has 0 spiro atoms. The molecule has 5 heteroatoms. The van der Waals surface area contributed by atoms with Gasteiger partial charge in [-0.15, -0.1) is 0 Å². The average molecular weight is 232 g/mol. The molecule has 0 aliphatic heterocycles. The van der Waals surface area contributed by atoms with E-state index in [4.69, 9.17) is 15.0 Å². The van der Waals surface area contributed by atoms with Crippen LogP contribution in [0.15, 0.2) is 0 Å². The first-order valence-corrected chi connectivity index (χ1v) is 0.651. The maximum Gasteiger partial charge on any atom is 0.503 e. The molecule has 1 radical (unpaired) electrons. The van der Waals surface area contributed by atoms with E-state index in [1.165, 1.54) is 0 Å². The van der Waals surface area contributed by atoms with E-state index in [0.29, 0.717) is 0 Å². The van der Waals surface area contributed by atoms with Crippen molar-refractivity contribution < 1.29 is 69.9 Å². The smallest absolute Gasteiger partial charge is 0.450 e. The van der Waals surface area contributed by atoms with E-state index in [1.807, 2.05) is 0 Å². The fraction of sp³-hybridized carbons (Fsp3) is 0. The third-order valence-electron chi connectivity index (χ3n) is 0. The largest absolute Gasteiger partial charge is 0.503 e. The Kier molecular flexibility index (Phi) is 24.4. The van der Waals surface area contributed by atoms with Crippen molar-refractivity contribution in [3.05, 3.63) is 0 Å². The van der Waals surface area contributed by atoms with E-state index in [1.54, 1.807) is 0 Å². The molecule has 0 amide bonds. The van der Waals surface area contributed by atoms with E-state index < -0.39 is 6.16 Å². The fourth-order valence-corrected chi connectivity index (χ4v) is 0. The Balaban J connectivity index is -0.0000000450. The summed E-state index contributed by atoms with van der Waals surface area (Å²) in [5.41, 5.74) is 0. The summed E-state index contributed by atoms with van der Waals surface area (Å²) >= 11 is 0. The average Bonchev–Trinajstić information content (AvgIpc) is 0.811. The number of hydrogen-bond acceptors (Lipinski definition) is 1. The molecule has 0 aliphatic carbocycles. The number of hydrogen-bond donors (Lipinski definition) is 2. The molecular formula is CH4EuO4. The van der Waals surface area contributed by atoms with Gasteiger partial charge in [-0.2, -0.15) is 0 Å². The van der Waals surface area contributed by atoms with E-state index >= 15 is 0 Å². The van der Waals surface area contributed by atoms with Gasteiger partial charge in [0.1, 0.15) is 0 Å². The van der Waals surface area contributed by atoms with Gasteiger partial charge in [0.2, 0.25) is 0 Å². The van der Waals surface area contributed by atoms with Crippen LogP contribution in [-0.4, -0.2) is 21.8 Å². The Bertz CT molecular complexity index is 30.5. The van der Waals surface area contributed by atoms with Gasteiger partial charge >= 0.3 is 6.16 Å². The Morgan fingerprint density at radius 1 is 1.33 bits per heavy atom. The van der Waals surface area contributed by atoms with Gasteiger partial charge < -0.3 is 15.7 Å². The molecule has 0 aromatic heterocycles. The summed E-state index contributed by atoms with van der Waals surface area (Å²) in [5, 5.41) is 13.9. The van der Waals surface area contributed by atoms with Crippen molar-refractivity contribution in [2.75, 3.05) is 0 Å². The maximum atomic E-state index is 8.56. The fourth-order valence-electron chi connectivity index (χ4n) is 0. The first-order valence-electron chi connectivity index (χ1n) is 0.651.